The lowest BCUT2D eigenvalue weighted by molar-refractivity contribution is 0.673. The van der Waals surface area contributed by atoms with Crippen LogP contribution in [0, 0.1) is 0 Å². The fourth-order valence-electron chi connectivity index (χ4n) is 7.77. The summed E-state index contributed by atoms with van der Waals surface area (Å²) in [5.74, 6) is 1.42. The third kappa shape index (κ3) is 4.26. The lowest BCUT2D eigenvalue weighted by atomic mass is 10.1. The first-order valence-electron chi connectivity index (χ1n) is 16.9. The van der Waals surface area contributed by atoms with E-state index in [1.54, 1.807) is 24.8 Å². The van der Waals surface area contributed by atoms with Gasteiger partial charge in [0.2, 0.25) is 0 Å². The van der Waals surface area contributed by atoms with E-state index < -0.39 is 0 Å². The molecule has 0 aliphatic carbocycles. The van der Waals surface area contributed by atoms with Gasteiger partial charge in [0.15, 0.2) is 5.84 Å². The molecule has 1 N–H and O–H groups in total. The van der Waals surface area contributed by atoms with Crippen LogP contribution in [-0.4, -0.2) is 30.8 Å². The van der Waals surface area contributed by atoms with Crippen molar-refractivity contribution < 1.29 is 0 Å². The Morgan fingerprint density at radius 3 is 2.10 bits per heavy atom. The van der Waals surface area contributed by atoms with Crippen LogP contribution in [0.1, 0.15) is 22.9 Å². The van der Waals surface area contributed by atoms with Crippen LogP contribution in [0.5, 0.6) is 0 Å². The number of fused-ring (bicyclic) bond motifs is 9. The number of pyridine rings is 2. The molecule has 6 heterocycles. The predicted octanol–water partition coefficient (Wildman–Crippen LogP) is 9.63. The van der Waals surface area contributed by atoms with E-state index in [0.29, 0.717) is 5.84 Å². The molecule has 0 radical (unpaired) electrons. The molecule has 51 heavy (non-hydrogen) atoms. The van der Waals surface area contributed by atoms with Crippen molar-refractivity contribution >= 4 is 67.0 Å². The van der Waals surface area contributed by atoms with E-state index in [0.717, 1.165) is 33.7 Å². The second-order valence-corrected chi connectivity index (χ2v) is 13.9. The highest BCUT2D eigenvalue weighted by Gasteiger charge is 2.28. The van der Waals surface area contributed by atoms with Crippen LogP contribution < -0.4 is 5.32 Å². The molecule has 0 spiro atoms. The average molecular weight is 674 g/mol. The molecule has 240 valence electrons. The second kappa shape index (κ2) is 11.0. The molecule has 0 bridgehead atoms. The summed E-state index contributed by atoms with van der Waals surface area (Å²) in [6, 6.07) is 45.3. The second-order valence-electron chi connectivity index (χ2n) is 12.8. The molecule has 11 rings (SSSR count). The van der Waals surface area contributed by atoms with Crippen LogP contribution in [0.4, 0.5) is 0 Å². The zero-order chi connectivity index (χ0) is 33.5. The molecule has 2 aliphatic rings. The molecule has 0 amide bonds. The molecule has 9 aromatic rings. The topological polar surface area (TPSA) is 72.4 Å². The lowest BCUT2D eigenvalue weighted by Crippen LogP contribution is -2.33. The summed E-state index contributed by atoms with van der Waals surface area (Å²) in [5, 5.41) is 8.67. The molecule has 4 aromatic heterocycles. The van der Waals surface area contributed by atoms with Crippen LogP contribution in [0.15, 0.2) is 172 Å². The Kier molecular flexibility index (Phi) is 6.11. The summed E-state index contributed by atoms with van der Waals surface area (Å²) in [6.45, 7) is 0. The fraction of sp³-hybridized carbons (Fsp3) is 0.0233. The molecule has 7 nitrogen and oxygen atoms in total. The van der Waals surface area contributed by atoms with Crippen molar-refractivity contribution in [2.24, 2.45) is 9.98 Å². The van der Waals surface area contributed by atoms with Gasteiger partial charge in [0.05, 0.1) is 27.8 Å². The molecule has 1 atom stereocenters. The van der Waals surface area contributed by atoms with Crippen molar-refractivity contribution in [2.75, 3.05) is 0 Å². The zero-order valence-corrected chi connectivity index (χ0v) is 27.9. The molecule has 8 heteroatoms. The van der Waals surface area contributed by atoms with E-state index in [4.69, 9.17) is 9.98 Å². The number of hydrogen-bond donors (Lipinski definition) is 1. The van der Waals surface area contributed by atoms with Gasteiger partial charge >= 0.3 is 0 Å². The Hall–Kier alpha value is -6.51. The molecule has 0 saturated heterocycles. The average Bonchev–Trinajstić information content (AvgIpc) is 3.72. The number of nitrogens with one attached hydrogen (secondary N) is 1. The Morgan fingerprint density at radius 2 is 1.27 bits per heavy atom. The standard InChI is InChI=1S/C43H27N7S/c1-3-12-32-30(10-1)38-35(25-37-40-39(38)31-11-2-4-13-33(31)50(40)34-14-5-6-15-36(34)51-37)49(32)29-9-7-8-28(24-29)43-47-41(26-16-20-44-21-17-26)46-42(48-43)27-18-22-45-23-19-27/h1-25,41H,(H,46,47,48). The lowest BCUT2D eigenvalue weighted by Gasteiger charge is -2.24. The summed E-state index contributed by atoms with van der Waals surface area (Å²) >= 11 is 1.86. The normalized spacial score (nSPS) is 15.2. The summed E-state index contributed by atoms with van der Waals surface area (Å²) in [6.07, 6.45) is 6.83. The maximum Gasteiger partial charge on any atom is 0.159 e. The van der Waals surface area contributed by atoms with Crippen molar-refractivity contribution in [3.63, 3.8) is 0 Å². The van der Waals surface area contributed by atoms with Gasteiger partial charge in [-0.15, -0.1) is 0 Å². The molecule has 0 fully saturated rings. The summed E-state index contributed by atoms with van der Waals surface area (Å²) in [7, 11) is 0. The first kappa shape index (κ1) is 28.3. The van der Waals surface area contributed by atoms with Gasteiger partial charge in [-0.1, -0.05) is 72.4 Å². The molecule has 1 unspecified atom stereocenters. The first-order chi connectivity index (χ1) is 25.3. The minimum absolute atomic E-state index is 0.320. The third-order valence-electron chi connectivity index (χ3n) is 9.94. The number of aromatic nitrogens is 4. The van der Waals surface area contributed by atoms with E-state index in [9.17, 15) is 0 Å². The van der Waals surface area contributed by atoms with Crippen molar-refractivity contribution in [1.82, 2.24) is 24.4 Å². The quantitative estimate of drug-likeness (QED) is 0.202. The minimum atomic E-state index is -0.320. The highest BCUT2D eigenvalue weighted by atomic mass is 32.2. The van der Waals surface area contributed by atoms with Gasteiger partial charge in [-0.3, -0.25) is 9.97 Å². The Balaban J connectivity index is 1.15. The van der Waals surface area contributed by atoms with E-state index in [2.05, 4.69) is 128 Å². The van der Waals surface area contributed by atoms with Gasteiger partial charge in [-0.2, -0.15) is 0 Å². The molecular formula is C43H27N7S. The number of aliphatic imine (C=N–C) groups is 2. The number of nitrogens with zero attached hydrogens (tertiary/aromatic N) is 6. The van der Waals surface area contributed by atoms with Crippen molar-refractivity contribution in [3.05, 3.63) is 169 Å². The summed E-state index contributed by atoms with van der Waals surface area (Å²) in [5.41, 5.74) is 10.0. The van der Waals surface area contributed by atoms with E-state index in [1.807, 2.05) is 36.0 Å². The van der Waals surface area contributed by atoms with Gasteiger partial charge in [0.25, 0.3) is 0 Å². The van der Waals surface area contributed by atoms with Gasteiger partial charge in [-0.25, -0.2) is 9.98 Å². The van der Waals surface area contributed by atoms with Crippen molar-refractivity contribution in [2.45, 2.75) is 16.0 Å². The van der Waals surface area contributed by atoms with Crippen LogP contribution >= 0.6 is 11.8 Å². The Labute approximate surface area is 296 Å². The maximum absolute atomic E-state index is 5.08. The fourth-order valence-corrected chi connectivity index (χ4v) is 8.87. The number of benzene rings is 5. The van der Waals surface area contributed by atoms with Crippen LogP contribution in [0.2, 0.25) is 0 Å². The maximum atomic E-state index is 5.08. The largest absolute Gasteiger partial charge is 0.344 e. The summed E-state index contributed by atoms with van der Waals surface area (Å²) < 4.78 is 4.88. The highest BCUT2D eigenvalue weighted by Crippen LogP contribution is 2.51. The number of amidine groups is 2. The monoisotopic (exact) mass is 673 g/mol. The minimum Gasteiger partial charge on any atom is -0.344 e. The Morgan fingerprint density at radius 1 is 0.569 bits per heavy atom. The Bertz CT molecular complexity index is 2920. The van der Waals surface area contributed by atoms with Gasteiger partial charge in [-0.05, 0) is 72.3 Å². The SMILES string of the molecule is c1cc(C2=NC(c3ccncc3)=NC(c3ccncc3)N2)cc(-n2c3ccccc3c3c4c5ccccc5n5c4c(cc32)Sc2ccccc2-5)c1. The van der Waals surface area contributed by atoms with Crippen molar-refractivity contribution in [1.29, 1.82) is 0 Å². The predicted molar refractivity (Wildman–Crippen MR) is 207 cm³/mol. The number of rotatable bonds is 4. The smallest absolute Gasteiger partial charge is 0.159 e. The van der Waals surface area contributed by atoms with Crippen LogP contribution in [0.25, 0.3) is 55.0 Å². The molecular weight excluding hydrogens is 647 g/mol. The summed E-state index contributed by atoms with van der Waals surface area (Å²) in [4.78, 5) is 21.0. The van der Waals surface area contributed by atoms with Crippen LogP contribution in [0.3, 0.4) is 0 Å². The number of para-hydroxylation sites is 3. The molecule has 5 aromatic carbocycles. The van der Waals surface area contributed by atoms with Gasteiger partial charge < -0.3 is 14.5 Å². The molecule has 0 saturated carbocycles. The van der Waals surface area contributed by atoms with E-state index in [-0.39, 0.29) is 6.17 Å². The zero-order valence-electron chi connectivity index (χ0n) is 27.1. The van der Waals surface area contributed by atoms with E-state index in [1.165, 1.54) is 53.6 Å². The third-order valence-corrected chi connectivity index (χ3v) is 11.0. The van der Waals surface area contributed by atoms with Crippen LogP contribution in [-0.2, 0) is 0 Å². The highest BCUT2D eigenvalue weighted by molar-refractivity contribution is 7.99. The number of hydrogen-bond acceptors (Lipinski definition) is 6. The van der Waals surface area contributed by atoms with Crippen molar-refractivity contribution in [3.8, 4) is 11.4 Å². The first-order valence-corrected chi connectivity index (χ1v) is 17.7. The van der Waals surface area contributed by atoms with Gasteiger partial charge in [0.1, 0.15) is 12.0 Å². The van der Waals surface area contributed by atoms with Gasteiger partial charge in [0, 0.05) is 72.9 Å². The molecule has 2 aliphatic heterocycles. The van der Waals surface area contributed by atoms with E-state index >= 15 is 0 Å².